The van der Waals surface area contributed by atoms with Gasteiger partial charge in [-0.05, 0) is 20.8 Å². The predicted molar refractivity (Wildman–Crippen MR) is 46.9 cm³/mol. The predicted octanol–water partition coefficient (Wildman–Crippen LogP) is 3.66. The van der Waals surface area contributed by atoms with Crippen LogP contribution < -0.4 is 0 Å². The lowest BCUT2D eigenvalue weighted by Crippen LogP contribution is -2.66. The van der Waals surface area contributed by atoms with Crippen LogP contribution in [0.4, 0.5) is 35.1 Å². The molecule has 19 heavy (non-hydrogen) atoms. The third kappa shape index (κ3) is 2.25. The van der Waals surface area contributed by atoms with Crippen LogP contribution in [0.2, 0.25) is 0 Å². The summed E-state index contributed by atoms with van der Waals surface area (Å²) in [6.45, 7) is -0.958. The Bertz CT molecular complexity index is 369. The second-order valence-electron chi connectivity index (χ2n) is 4.58. The Morgan fingerprint density at radius 1 is 0.842 bits per heavy atom. The highest BCUT2D eigenvalue weighted by atomic mass is 19.4. The van der Waals surface area contributed by atoms with E-state index in [1.807, 2.05) is 0 Å². The molecular weight excluding hydrogens is 292 g/mol. The quantitative estimate of drug-likeness (QED) is 0.805. The zero-order valence-corrected chi connectivity index (χ0v) is 9.88. The van der Waals surface area contributed by atoms with Crippen molar-refractivity contribution >= 4 is 5.97 Å². The van der Waals surface area contributed by atoms with Gasteiger partial charge in [0, 0.05) is 0 Å². The Labute approximate surface area is 102 Å². The molecule has 0 amide bonds. The summed E-state index contributed by atoms with van der Waals surface area (Å²) in [6, 6.07) is 0. The molecule has 1 atom stereocenters. The molecule has 0 aromatic carbocycles. The van der Waals surface area contributed by atoms with E-state index in [0.717, 1.165) is 0 Å². The van der Waals surface area contributed by atoms with Crippen LogP contribution in [-0.2, 0) is 4.79 Å². The summed E-state index contributed by atoms with van der Waals surface area (Å²) < 4.78 is 104. The smallest absolute Gasteiger partial charge is 0.399 e. The zero-order valence-electron chi connectivity index (χ0n) is 9.88. The first kappa shape index (κ1) is 17.9. The number of rotatable bonds is 4. The highest BCUT2D eigenvalue weighted by Gasteiger charge is 2.79. The second kappa shape index (κ2) is 4.20. The fraction of sp³-hybridized carbons (Fsp3) is 0.889. The first-order valence-electron chi connectivity index (χ1n) is 4.69. The number of alkyl halides is 8. The van der Waals surface area contributed by atoms with Gasteiger partial charge in [0.2, 0.25) is 5.67 Å². The molecule has 1 unspecified atom stereocenters. The molecule has 0 spiro atoms. The van der Waals surface area contributed by atoms with Crippen molar-refractivity contribution < 1.29 is 45.0 Å². The first-order chi connectivity index (χ1) is 7.94. The number of carboxylic acids is 1. The van der Waals surface area contributed by atoms with E-state index in [2.05, 4.69) is 0 Å². The normalized spacial score (nSPS) is 18.1. The maximum atomic E-state index is 13.5. The molecule has 0 heterocycles. The van der Waals surface area contributed by atoms with Gasteiger partial charge in [0.1, 0.15) is 5.41 Å². The van der Waals surface area contributed by atoms with Crippen LogP contribution in [0, 0.1) is 5.41 Å². The van der Waals surface area contributed by atoms with Crippen LogP contribution >= 0.6 is 0 Å². The van der Waals surface area contributed by atoms with Gasteiger partial charge in [0.15, 0.2) is 0 Å². The Morgan fingerprint density at radius 3 is 1.37 bits per heavy atom. The molecule has 0 saturated heterocycles. The minimum absolute atomic E-state index is 0.192. The summed E-state index contributed by atoms with van der Waals surface area (Å²) in [7, 11) is 0. The van der Waals surface area contributed by atoms with Crippen molar-refractivity contribution in [1.29, 1.82) is 0 Å². The van der Waals surface area contributed by atoms with Gasteiger partial charge in [0.25, 0.3) is 0 Å². The third-order valence-electron chi connectivity index (χ3n) is 2.94. The van der Waals surface area contributed by atoms with Crippen LogP contribution in [-0.4, -0.2) is 34.8 Å². The van der Waals surface area contributed by atoms with E-state index in [1.165, 1.54) is 0 Å². The highest BCUT2D eigenvalue weighted by Crippen LogP contribution is 2.58. The summed E-state index contributed by atoms with van der Waals surface area (Å²) in [5, 5.41) is 8.00. The monoisotopic (exact) mass is 302 g/mol. The molecule has 0 saturated carbocycles. The van der Waals surface area contributed by atoms with E-state index in [4.69, 9.17) is 5.11 Å². The highest BCUT2D eigenvalue weighted by molar-refractivity contribution is 5.77. The fourth-order valence-corrected chi connectivity index (χ4v) is 1.16. The SMILES string of the molecule is CC(C)(C(F)(F)F)C(F)(F)C(C)(F)C(F)(F)C(=O)O. The summed E-state index contributed by atoms with van der Waals surface area (Å²) in [4.78, 5) is 10.1. The topological polar surface area (TPSA) is 37.3 Å². The second-order valence-corrected chi connectivity index (χ2v) is 4.58. The molecule has 114 valence electrons. The van der Waals surface area contributed by atoms with Crippen molar-refractivity contribution in [2.75, 3.05) is 0 Å². The number of halogens is 8. The molecule has 0 aromatic rings. The van der Waals surface area contributed by atoms with Crippen LogP contribution in [0.15, 0.2) is 0 Å². The Morgan fingerprint density at radius 2 is 1.16 bits per heavy atom. The van der Waals surface area contributed by atoms with E-state index in [-0.39, 0.29) is 13.8 Å². The number of hydrogen-bond donors (Lipinski definition) is 1. The van der Waals surface area contributed by atoms with Crippen molar-refractivity contribution in [3.63, 3.8) is 0 Å². The van der Waals surface area contributed by atoms with E-state index in [1.54, 1.807) is 0 Å². The average molecular weight is 302 g/mol. The van der Waals surface area contributed by atoms with Gasteiger partial charge in [-0.25, -0.2) is 18.0 Å². The number of hydrogen-bond acceptors (Lipinski definition) is 1. The molecule has 0 bridgehead atoms. The van der Waals surface area contributed by atoms with Gasteiger partial charge in [-0.2, -0.15) is 22.0 Å². The maximum Gasteiger partial charge on any atom is 0.399 e. The van der Waals surface area contributed by atoms with Gasteiger partial charge < -0.3 is 5.11 Å². The van der Waals surface area contributed by atoms with Crippen molar-refractivity contribution in [3.8, 4) is 0 Å². The summed E-state index contributed by atoms with van der Waals surface area (Å²) in [5.41, 5.74) is -9.42. The van der Waals surface area contributed by atoms with Crippen LogP contribution in [0.1, 0.15) is 20.8 Å². The van der Waals surface area contributed by atoms with Crippen LogP contribution in [0.5, 0.6) is 0 Å². The minimum Gasteiger partial charge on any atom is -0.477 e. The van der Waals surface area contributed by atoms with Crippen molar-refractivity contribution in [3.05, 3.63) is 0 Å². The van der Waals surface area contributed by atoms with Crippen LogP contribution in [0.25, 0.3) is 0 Å². The molecule has 2 nitrogen and oxygen atoms in total. The summed E-state index contributed by atoms with van der Waals surface area (Å²) in [5.74, 6) is -14.7. The molecule has 0 radical (unpaired) electrons. The lowest BCUT2D eigenvalue weighted by Gasteiger charge is -2.43. The number of carboxylic acid groups (broad SMARTS) is 1. The van der Waals surface area contributed by atoms with E-state index in [9.17, 15) is 39.9 Å². The Kier molecular flexibility index (Phi) is 3.96. The summed E-state index contributed by atoms with van der Waals surface area (Å²) >= 11 is 0. The molecule has 0 aromatic heterocycles. The van der Waals surface area contributed by atoms with Gasteiger partial charge in [-0.15, -0.1) is 0 Å². The number of aliphatic carboxylic acids is 1. The molecule has 10 heteroatoms. The molecule has 0 fully saturated rings. The van der Waals surface area contributed by atoms with Crippen molar-refractivity contribution in [1.82, 2.24) is 0 Å². The van der Waals surface area contributed by atoms with Crippen molar-refractivity contribution in [2.45, 2.75) is 44.5 Å². The fourth-order valence-electron chi connectivity index (χ4n) is 1.16. The van der Waals surface area contributed by atoms with Gasteiger partial charge in [-0.1, -0.05) is 0 Å². The standard InChI is InChI=1S/C9H10F8O2/c1-5(2,9(15,16)17)8(13,14)6(3,10)7(11,12)4(18)19/h1-3H3,(H,18,19). The average Bonchev–Trinajstić information content (AvgIpc) is 2.14. The van der Waals surface area contributed by atoms with E-state index >= 15 is 0 Å². The molecular formula is C9H10F8O2. The van der Waals surface area contributed by atoms with E-state index in [0.29, 0.717) is 0 Å². The third-order valence-corrected chi connectivity index (χ3v) is 2.94. The molecule has 1 N–H and O–H groups in total. The minimum atomic E-state index is -5.72. The first-order valence-corrected chi connectivity index (χ1v) is 4.69. The van der Waals surface area contributed by atoms with Crippen molar-refractivity contribution in [2.24, 2.45) is 5.41 Å². The molecule has 0 rings (SSSR count). The molecule has 0 aliphatic heterocycles. The lowest BCUT2D eigenvalue weighted by atomic mass is 9.74. The van der Waals surface area contributed by atoms with Gasteiger partial charge in [0.05, 0.1) is 0 Å². The molecule has 0 aliphatic carbocycles. The Balaban J connectivity index is 5.99. The van der Waals surface area contributed by atoms with Crippen LogP contribution in [0.3, 0.4) is 0 Å². The zero-order chi connectivity index (χ0) is 16.1. The van der Waals surface area contributed by atoms with Gasteiger partial charge >= 0.3 is 24.0 Å². The largest absolute Gasteiger partial charge is 0.477 e. The lowest BCUT2D eigenvalue weighted by molar-refractivity contribution is -0.341. The molecule has 0 aliphatic rings. The summed E-state index contributed by atoms with van der Waals surface area (Å²) in [6.07, 6.45) is -5.72. The van der Waals surface area contributed by atoms with E-state index < -0.39 is 42.0 Å². The van der Waals surface area contributed by atoms with Gasteiger partial charge in [-0.3, -0.25) is 0 Å². The number of carbonyl (C=O) groups is 1. The maximum absolute atomic E-state index is 13.5. The Hall–Kier alpha value is -1.09.